The Morgan fingerprint density at radius 1 is 1.17 bits per heavy atom. The van der Waals surface area contributed by atoms with Crippen LogP contribution in [0.5, 0.6) is 0 Å². The van der Waals surface area contributed by atoms with Crippen molar-refractivity contribution in [2.24, 2.45) is 5.92 Å². The van der Waals surface area contributed by atoms with Crippen LogP contribution in [0, 0.1) is 5.92 Å². The van der Waals surface area contributed by atoms with E-state index in [9.17, 15) is 9.90 Å². The molecule has 1 saturated heterocycles. The summed E-state index contributed by atoms with van der Waals surface area (Å²) in [5.41, 5.74) is 2.28. The Hall–Kier alpha value is -1.73. The van der Waals surface area contributed by atoms with Crippen molar-refractivity contribution in [1.82, 2.24) is 4.90 Å². The molecule has 29 heavy (non-hydrogen) atoms. The fraction of sp³-hybridized carbons (Fsp3) is 0.391. The molecule has 1 aliphatic rings. The first-order valence-corrected chi connectivity index (χ1v) is 11.3. The van der Waals surface area contributed by atoms with Gasteiger partial charge in [0.05, 0.1) is 24.7 Å². The minimum Gasteiger partial charge on any atom is -0.392 e. The van der Waals surface area contributed by atoms with Gasteiger partial charge in [0.1, 0.15) is 4.32 Å². The summed E-state index contributed by atoms with van der Waals surface area (Å²) in [6.07, 6.45) is 0.420. The highest BCUT2D eigenvalue weighted by Crippen LogP contribution is 2.29. The van der Waals surface area contributed by atoms with E-state index < -0.39 is 12.0 Å². The number of hydrogen-bond donors (Lipinski definition) is 1. The fourth-order valence-electron chi connectivity index (χ4n) is 3.37. The molecule has 0 radical (unpaired) electrons. The van der Waals surface area contributed by atoms with E-state index in [0.717, 1.165) is 17.7 Å². The number of amides is 1. The zero-order valence-corrected chi connectivity index (χ0v) is 18.2. The van der Waals surface area contributed by atoms with E-state index in [1.165, 1.54) is 17.3 Å². The van der Waals surface area contributed by atoms with Crippen molar-refractivity contribution in [3.05, 3.63) is 71.8 Å². The molecule has 4 nitrogen and oxygen atoms in total. The number of ether oxygens (including phenoxy) is 1. The van der Waals surface area contributed by atoms with Crippen molar-refractivity contribution >= 4 is 34.2 Å². The Morgan fingerprint density at radius 2 is 1.79 bits per heavy atom. The van der Waals surface area contributed by atoms with Crippen molar-refractivity contribution in [1.29, 1.82) is 0 Å². The Kier molecular flexibility index (Phi) is 8.24. The van der Waals surface area contributed by atoms with Crippen molar-refractivity contribution in [2.45, 2.75) is 38.5 Å². The molecule has 0 aliphatic carbocycles. The van der Waals surface area contributed by atoms with Gasteiger partial charge in [0, 0.05) is 12.4 Å². The molecular weight excluding hydrogens is 402 g/mol. The summed E-state index contributed by atoms with van der Waals surface area (Å²) in [7, 11) is 0. The van der Waals surface area contributed by atoms with E-state index in [1.807, 2.05) is 48.5 Å². The van der Waals surface area contributed by atoms with Crippen LogP contribution in [0.2, 0.25) is 0 Å². The van der Waals surface area contributed by atoms with Gasteiger partial charge in [0.25, 0.3) is 0 Å². The van der Waals surface area contributed by atoms with E-state index in [0.29, 0.717) is 24.0 Å². The van der Waals surface area contributed by atoms with Crippen LogP contribution < -0.4 is 0 Å². The largest absolute Gasteiger partial charge is 0.392 e. The van der Waals surface area contributed by atoms with Gasteiger partial charge in [-0.05, 0) is 24.0 Å². The molecule has 0 unspecified atom stereocenters. The number of rotatable bonds is 9. The highest BCUT2D eigenvalue weighted by molar-refractivity contribution is 8.23. The summed E-state index contributed by atoms with van der Waals surface area (Å²) in [6.45, 7) is 2.68. The fourth-order valence-corrected chi connectivity index (χ4v) is 4.79. The molecule has 1 N–H and O–H groups in total. The van der Waals surface area contributed by atoms with Crippen molar-refractivity contribution in [3.8, 4) is 0 Å². The van der Waals surface area contributed by atoms with Crippen LogP contribution >= 0.6 is 24.0 Å². The van der Waals surface area contributed by atoms with Crippen LogP contribution in [0.4, 0.5) is 0 Å². The standard InChI is InChI=1S/C23H27NO3S2/c1-17(21(25)12-13-27-15-19-10-6-3-7-11-19)22(26)24-20(16-29-23(24)28)14-18-8-4-2-5-9-18/h2-11,17,20-21,25H,12-16H2,1H3/t17-,20+,21+/m1/s1. The summed E-state index contributed by atoms with van der Waals surface area (Å²) >= 11 is 6.98. The molecule has 0 bridgehead atoms. The lowest BCUT2D eigenvalue weighted by Gasteiger charge is -2.28. The van der Waals surface area contributed by atoms with Crippen LogP contribution in [-0.2, 0) is 22.6 Å². The Balaban J connectivity index is 1.51. The quantitative estimate of drug-likeness (QED) is 0.481. The summed E-state index contributed by atoms with van der Waals surface area (Å²) in [6, 6.07) is 20.1. The lowest BCUT2D eigenvalue weighted by atomic mass is 9.99. The van der Waals surface area contributed by atoms with Gasteiger partial charge in [-0.15, -0.1) is 0 Å². The Bertz CT molecular complexity index is 800. The molecule has 1 heterocycles. The van der Waals surface area contributed by atoms with Crippen LogP contribution in [-0.4, -0.2) is 44.7 Å². The van der Waals surface area contributed by atoms with Crippen molar-refractivity contribution < 1.29 is 14.6 Å². The number of nitrogens with zero attached hydrogens (tertiary/aromatic N) is 1. The normalized spacial score (nSPS) is 18.6. The molecule has 0 spiro atoms. The van der Waals surface area contributed by atoms with Crippen LogP contribution in [0.1, 0.15) is 24.5 Å². The minimum absolute atomic E-state index is 0.0337. The SMILES string of the molecule is C[C@@H](C(=O)N1C(=S)SC[C@@H]1Cc1ccccc1)[C@@H](O)CCOCc1ccccc1. The molecule has 0 aromatic heterocycles. The Morgan fingerprint density at radius 3 is 2.45 bits per heavy atom. The first-order chi connectivity index (χ1) is 14.1. The first-order valence-electron chi connectivity index (χ1n) is 9.89. The third kappa shape index (κ3) is 6.12. The molecule has 3 rings (SSSR count). The average Bonchev–Trinajstić information content (AvgIpc) is 3.11. The zero-order chi connectivity index (χ0) is 20.6. The number of carbonyl (C=O) groups is 1. The topological polar surface area (TPSA) is 49.8 Å². The molecule has 1 aliphatic heterocycles. The van der Waals surface area contributed by atoms with Gasteiger partial charge < -0.3 is 9.84 Å². The number of aliphatic hydroxyl groups excluding tert-OH is 1. The van der Waals surface area contributed by atoms with Crippen LogP contribution in [0.25, 0.3) is 0 Å². The number of benzene rings is 2. The second kappa shape index (κ2) is 10.9. The van der Waals surface area contributed by atoms with Gasteiger partial charge in [-0.1, -0.05) is 91.6 Å². The van der Waals surface area contributed by atoms with Gasteiger partial charge in [-0.3, -0.25) is 9.69 Å². The zero-order valence-electron chi connectivity index (χ0n) is 16.6. The smallest absolute Gasteiger partial charge is 0.233 e. The third-order valence-corrected chi connectivity index (χ3v) is 6.69. The molecule has 3 atom stereocenters. The van der Waals surface area contributed by atoms with Crippen LogP contribution in [0.3, 0.4) is 0 Å². The predicted molar refractivity (Wildman–Crippen MR) is 122 cm³/mol. The van der Waals surface area contributed by atoms with Gasteiger partial charge >= 0.3 is 0 Å². The molecular formula is C23H27NO3S2. The number of thiocarbonyl (C=S) groups is 1. The molecule has 154 valence electrons. The minimum atomic E-state index is -0.760. The molecule has 1 amide bonds. The van der Waals surface area contributed by atoms with Gasteiger partial charge in [0.2, 0.25) is 5.91 Å². The average molecular weight is 430 g/mol. The van der Waals surface area contributed by atoms with Crippen LogP contribution in [0.15, 0.2) is 60.7 Å². The van der Waals surface area contributed by atoms with E-state index in [-0.39, 0.29) is 11.9 Å². The van der Waals surface area contributed by atoms with Crippen molar-refractivity contribution in [3.63, 3.8) is 0 Å². The number of carbonyl (C=O) groups excluding carboxylic acids is 1. The highest BCUT2D eigenvalue weighted by Gasteiger charge is 2.37. The van der Waals surface area contributed by atoms with Gasteiger partial charge in [-0.25, -0.2) is 0 Å². The summed E-state index contributed by atoms with van der Waals surface area (Å²) < 4.78 is 6.26. The van der Waals surface area contributed by atoms with Gasteiger partial charge in [-0.2, -0.15) is 0 Å². The second-order valence-electron chi connectivity index (χ2n) is 7.31. The third-order valence-electron chi connectivity index (χ3n) is 5.15. The van der Waals surface area contributed by atoms with E-state index >= 15 is 0 Å². The summed E-state index contributed by atoms with van der Waals surface area (Å²) in [4.78, 5) is 14.8. The highest BCUT2D eigenvalue weighted by atomic mass is 32.2. The second-order valence-corrected chi connectivity index (χ2v) is 8.97. The van der Waals surface area contributed by atoms with Gasteiger partial charge in [0.15, 0.2) is 0 Å². The predicted octanol–water partition coefficient (Wildman–Crippen LogP) is 4.06. The summed E-state index contributed by atoms with van der Waals surface area (Å²) in [5.74, 6) is 0.171. The van der Waals surface area contributed by atoms with Crippen molar-refractivity contribution in [2.75, 3.05) is 12.4 Å². The Labute approximate surface area is 182 Å². The monoisotopic (exact) mass is 429 g/mol. The first kappa shape index (κ1) is 22.0. The number of aliphatic hydroxyl groups is 1. The lowest BCUT2D eigenvalue weighted by molar-refractivity contribution is -0.135. The summed E-state index contributed by atoms with van der Waals surface area (Å²) in [5, 5.41) is 10.5. The van der Waals surface area contributed by atoms with E-state index in [1.54, 1.807) is 11.8 Å². The number of hydrogen-bond acceptors (Lipinski definition) is 5. The molecule has 2 aromatic carbocycles. The van der Waals surface area contributed by atoms with E-state index in [4.69, 9.17) is 17.0 Å². The molecule has 1 fully saturated rings. The molecule has 2 aromatic rings. The lowest BCUT2D eigenvalue weighted by Crippen LogP contribution is -2.45. The maximum absolute atomic E-state index is 13.1. The maximum atomic E-state index is 13.1. The van der Waals surface area contributed by atoms with E-state index in [2.05, 4.69) is 12.1 Å². The molecule has 0 saturated carbocycles. The maximum Gasteiger partial charge on any atom is 0.233 e. The number of thioether (sulfide) groups is 1. The molecule has 6 heteroatoms.